The molecule has 0 fully saturated rings. The summed E-state index contributed by atoms with van der Waals surface area (Å²) < 4.78 is 0. The molecule has 5 rings (SSSR count). The summed E-state index contributed by atoms with van der Waals surface area (Å²) in [5.41, 5.74) is 2.35. The van der Waals surface area contributed by atoms with Crippen molar-refractivity contribution in [3.05, 3.63) is 127 Å². The first kappa shape index (κ1) is 21.4. The molecule has 5 aromatic carbocycles. The van der Waals surface area contributed by atoms with Crippen molar-refractivity contribution in [2.45, 2.75) is 25.8 Å². The lowest BCUT2D eigenvalue weighted by molar-refractivity contribution is 0.739. The van der Waals surface area contributed by atoms with Crippen molar-refractivity contribution in [2.75, 3.05) is 0 Å². The van der Waals surface area contributed by atoms with Gasteiger partial charge in [-0.2, -0.15) is 0 Å². The fraction of sp³-hybridized carbons (Fsp3) is 0.125. The van der Waals surface area contributed by atoms with E-state index >= 15 is 0 Å². The molecule has 0 bridgehead atoms. The lowest BCUT2D eigenvalue weighted by atomic mass is 10.0. The predicted octanol–water partition coefficient (Wildman–Crippen LogP) is 6.58. The molecule has 0 saturated heterocycles. The van der Waals surface area contributed by atoms with Crippen LogP contribution < -0.4 is 15.6 Å². The summed E-state index contributed by atoms with van der Waals surface area (Å²) in [5, 5.41) is 6.82. The standard InChI is InChI=1S/C32H29Si/c1-32(2,3)33(29-14-6-4-7-15-29,30-16-8-5-9-17-30)31-22-20-26(21-23-31)28-19-18-25-12-10-11-13-27(25)24-28/h4-23H,1-3H3. The van der Waals surface area contributed by atoms with E-state index in [0.717, 1.165) is 10.9 Å². The topological polar surface area (TPSA) is 0 Å². The number of rotatable bonds is 4. The second-order valence-electron chi connectivity index (χ2n) is 9.77. The van der Waals surface area contributed by atoms with E-state index in [9.17, 15) is 0 Å². The average molecular weight is 442 g/mol. The second-order valence-corrected chi connectivity index (χ2v) is 14.5. The Bertz CT molecular complexity index is 1320. The first-order valence-electron chi connectivity index (χ1n) is 11.6. The molecule has 161 valence electrons. The number of hydrogen-bond donors (Lipinski definition) is 0. The van der Waals surface area contributed by atoms with Crippen molar-refractivity contribution in [1.82, 2.24) is 0 Å². The van der Waals surface area contributed by atoms with Crippen LogP contribution in [0.4, 0.5) is 0 Å². The van der Waals surface area contributed by atoms with Gasteiger partial charge in [0.1, 0.15) is 0 Å². The number of fused-ring (bicyclic) bond motifs is 1. The van der Waals surface area contributed by atoms with Gasteiger partial charge < -0.3 is 0 Å². The van der Waals surface area contributed by atoms with Gasteiger partial charge in [-0.1, -0.05) is 142 Å². The van der Waals surface area contributed by atoms with Crippen LogP contribution in [0, 0.1) is 6.07 Å². The molecule has 0 nitrogen and oxygen atoms in total. The van der Waals surface area contributed by atoms with Crippen LogP contribution in [0.2, 0.25) is 5.04 Å². The molecular formula is C32H29Si. The highest BCUT2D eigenvalue weighted by molar-refractivity contribution is 7.13. The minimum Gasteiger partial charge on any atom is -0.0624 e. The molecule has 0 aliphatic heterocycles. The van der Waals surface area contributed by atoms with Crippen LogP contribution in [-0.2, 0) is 0 Å². The summed E-state index contributed by atoms with van der Waals surface area (Å²) in [5.74, 6) is 0. The Hall–Kier alpha value is -3.42. The quantitative estimate of drug-likeness (QED) is 0.218. The fourth-order valence-corrected chi connectivity index (χ4v) is 11.0. The van der Waals surface area contributed by atoms with Crippen molar-refractivity contribution in [3.8, 4) is 11.1 Å². The van der Waals surface area contributed by atoms with Crippen molar-refractivity contribution in [1.29, 1.82) is 0 Å². The number of hydrogen-bond acceptors (Lipinski definition) is 0. The van der Waals surface area contributed by atoms with E-state index in [1.54, 1.807) is 0 Å². The molecule has 0 aromatic heterocycles. The molecule has 0 aliphatic carbocycles. The Balaban J connectivity index is 1.69. The van der Waals surface area contributed by atoms with Gasteiger partial charge in [0.2, 0.25) is 0 Å². The van der Waals surface area contributed by atoms with Crippen LogP contribution in [0.15, 0.2) is 121 Å². The summed E-state index contributed by atoms with van der Waals surface area (Å²) in [6.07, 6.45) is 0. The lowest BCUT2D eigenvalue weighted by Gasteiger charge is -2.44. The Morgan fingerprint density at radius 3 is 1.61 bits per heavy atom. The average Bonchev–Trinajstić information content (AvgIpc) is 2.85. The molecule has 33 heavy (non-hydrogen) atoms. The van der Waals surface area contributed by atoms with Gasteiger partial charge in [-0.15, -0.1) is 0 Å². The van der Waals surface area contributed by atoms with E-state index in [-0.39, 0.29) is 5.04 Å². The highest BCUT2D eigenvalue weighted by Gasteiger charge is 2.48. The van der Waals surface area contributed by atoms with Crippen molar-refractivity contribution < 1.29 is 0 Å². The Kier molecular flexibility index (Phi) is 5.52. The van der Waals surface area contributed by atoms with Crippen molar-refractivity contribution in [2.24, 2.45) is 0 Å². The molecule has 0 spiro atoms. The van der Waals surface area contributed by atoms with Crippen molar-refractivity contribution in [3.63, 3.8) is 0 Å². The molecule has 0 unspecified atom stereocenters. The summed E-state index contributed by atoms with van der Waals surface area (Å²) in [4.78, 5) is 0. The monoisotopic (exact) mass is 441 g/mol. The highest BCUT2D eigenvalue weighted by atomic mass is 28.3. The maximum absolute atomic E-state index is 3.61. The molecule has 0 atom stereocenters. The van der Waals surface area contributed by atoms with Gasteiger partial charge in [0, 0.05) is 0 Å². The predicted molar refractivity (Wildman–Crippen MR) is 145 cm³/mol. The highest BCUT2D eigenvalue weighted by Crippen LogP contribution is 2.36. The van der Waals surface area contributed by atoms with Crippen LogP contribution in [0.5, 0.6) is 0 Å². The number of benzene rings is 5. The van der Waals surface area contributed by atoms with Crippen LogP contribution in [0.1, 0.15) is 20.8 Å². The van der Waals surface area contributed by atoms with Crippen LogP contribution >= 0.6 is 0 Å². The first-order valence-corrected chi connectivity index (χ1v) is 13.6. The van der Waals surface area contributed by atoms with E-state index in [4.69, 9.17) is 0 Å². The normalized spacial score (nSPS) is 12.1. The largest absolute Gasteiger partial charge is 0.153 e. The van der Waals surface area contributed by atoms with E-state index in [2.05, 4.69) is 148 Å². The SMILES string of the molecule is CC(C)(C)[Si](c1ccccc1)(c1ccccc1)c1ccc(-c2[c]c3ccccc3cc2)cc1. The maximum atomic E-state index is 3.61. The molecular weight excluding hydrogens is 412 g/mol. The van der Waals surface area contributed by atoms with Gasteiger partial charge in [0.05, 0.1) is 0 Å². The van der Waals surface area contributed by atoms with Gasteiger partial charge in [-0.3, -0.25) is 0 Å². The van der Waals surface area contributed by atoms with Crippen molar-refractivity contribution >= 4 is 34.4 Å². The lowest BCUT2D eigenvalue weighted by Crippen LogP contribution is -2.72. The van der Waals surface area contributed by atoms with Gasteiger partial charge in [-0.05, 0) is 48.6 Å². The third-order valence-electron chi connectivity index (χ3n) is 6.83. The summed E-state index contributed by atoms with van der Waals surface area (Å²) >= 11 is 0. The minimum absolute atomic E-state index is 0.0896. The fourth-order valence-electron chi connectivity index (χ4n) is 5.36. The van der Waals surface area contributed by atoms with Gasteiger partial charge in [0.15, 0.2) is 8.07 Å². The molecule has 0 N–H and O–H groups in total. The molecule has 5 aromatic rings. The maximum Gasteiger partial charge on any atom is 0.153 e. The Morgan fingerprint density at radius 2 is 1.03 bits per heavy atom. The molecule has 0 aliphatic rings. The van der Waals surface area contributed by atoms with Crippen LogP contribution in [0.25, 0.3) is 21.9 Å². The van der Waals surface area contributed by atoms with Crippen LogP contribution in [-0.4, -0.2) is 8.07 Å². The Morgan fingerprint density at radius 1 is 0.515 bits per heavy atom. The third kappa shape index (κ3) is 3.73. The second kappa shape index (κ2) is 8.50. The van der Waals surface area contributed by atoms with Gasteiger partial charge in [0.25, 0.3) is 0 Å². The zero-order valence-electron chi connectivity index (χ0n) is 19.5. The van der Waals surface area contributed by atoms with E-state index in [1.807, 2.05) is 0 Å². The van der Waals surface area contributed by atoms with Gasteiger partial charge >= 0.3 is 0 Å². The molecule has 0 saturated carbocycles. The summed E-state index contributed by atoms with van der Waals surface area (Å²) in [6.45, 7) is 7.22. The van der Waals surface area contributed by atoms with Gasteiger partial charge in [-0.25, -0.2) is 0 Å². The minimum atomic E-state index is -2.30. The molecule has 0 heterocycles. The summed E-state index contributed by atoms with van der Waals surface area (Å²) in [6, 6.07) is 48.0. The third-order valence-corrected chi connectivity index (χ3v) is 12.7. The summed E-state index contributed by atoms with van der Waals surface area (Å²) in [7, 11) is -2.30. The zero-order chi connectivity index (χ0) is 22.9. The van der Waals surface area contributed by atoms with E-state index in [0.29, 0.717) is 0 Å². The van der Waals surface area contributed by atoms with Crippen LogP contribution in [0.3, 0.4) is 0 Å². The molecule has 1 radical (unpaired) electrons. The Labute approximate surface area is 198 Å². The molecule has 1 heteroatoms. The van der Waals surface area contributed by atoms with E-state index in [1.165, 1.54) is 26.5 Å². The zero-order valence-corrected chi connectivity index (χ0v) is 20.5. The first-order chi connectivity index (χ1) is 16.0. The molecule has 0 amide bonds. The van der Waals surface area contributed by atoms with E-state index < -0.39 is 8.07 Å². The smallest absolute Gasteiger partial charge is 0.0624 e.